The van der Waals surface area contributed by atoms with E-state index in [1.807, 2.05) is 38.1 Å². The Morgan fingerprint density at radius 1 is 1.18 bits per heavy atom. The lowest BCUT2D eigenvalue weighted by Crippen LogP contribution is -2.31. The number of nitrogens with one attached hydrogen (secondary N) is 3. The van der Waals surface area contributed by atoms with Crippen LogP contribution in [0, 0.1) is 17.2 Å². The predicted molar refractivity (Wildman–Crippen MR) is 163 cm³/mol. The first-order chi connectivity index (χ1) is 21.0. The second-order valence-electron chi connectivity index (χ2n) is 10.5. The molecule has 2 atom stereocenters. The van der Waals surface area contributed by atoms with Gasteiger partial charge in [-0.3, -0.25) is 9.78 Å². The van der Waals surface area contributed by atoms with Gasteiger partial charge in [0.2, 0.25) is 5.91 Å². The SMILES string of the molecule is CCOc1cc2c(cc1NC(=O)CCCN(C)C)C(Nc1ccc(OCc3cc(C(F)(F)F)ccn3)c(Cl)c1)C(C#N)CN2. The number of ether oxygens (including phenoxy) is 2. The Balaban J connectivity index is 1.53. The predicted octanol–water partition coefficient (Wildman–Crippen LogP) is 6.73. The van der Waals surface area contributed by atoms with Crippen LogP contribution in [0.1, 0.15) is 42.6 Å². The van der Waals surface area contributed by atoms with E-state index in [9.17, 15) is 23.2 Å². The van der Waals surface area contributed by atoms with Crippen molar-refractivity contribution >= 4 is 34.6 Å². The Morgan fingerprint density at radius 3 is 2.66 bits per heavy atom. The molecule has 1 aliphatic heterocycles. The van der Waals surface area contributed by atoms with Gasteiger partial charge in [0.15, 0.2) is 0 Å². The Hall–Kier alpha value is -4.21. The molecular formula is C31H34ClF3N6O3. The molecule has 44 heavy (non-hydrogen) atoms. The molecule has 2 aromatic carbocycles. The van der Waals surface area contributed by atoms with Crippen molar-refractivity contribution < 1.29 is 27.4 Å². The monoisotopic (exact) mass is 630 g/mol. The smallest absolute Gasteiger partial charge is 0.416 e. The number of pyridine rings is 1. The molecule has 0 bridgehead atoms. The molecule has 0 saturated heterocycles. The number of rotatable bonds is 12. The Morgan fingerprint density at radius 2 is 1.98 bits per heavy atom. The number of aromatic nitrogens is 1. The number of hydrogen-bond acceptors (Lipinski definition) is 8. The van der Waals surface area contributed by atoms with E-state index in [0.29, 0.717) is 43.1 Å². The third kappa shape index (κ3) is 8.45. The van der Waals surface area contributed by atoms with Crippen molar-refractivity contribution in [2.24, 2.45) is 5.92 Å². The fourth-order valence-electron chi connectivity index (χ4n) is 4.77. The number of benzene rings is 2. The third-order valence-corrected chi connectivity index (χ3v) is 7.22. The standard InChI is InChI=1S/C31H34ClF3N6O3/c1-4-43-28-15-25-23(14-26(28)40-29(42)6-5-11-41(2)3)30(19(16-36)17-38-25)39-21-7-8-27(24(32)13-21)44-18-22-12-20(9-10-37-22)31(33,34)35/h7-10,12-15,19,30,38-39H,4-6,11,17-18H2,1-3H3,(H,40,42). The highest BCUT2D eigenvalue weighted by atomic mass is 35.5. The Kier molecular flexibility index (Phi) is 10.8. The second kappa shape index (κ2) is 14.5. The van der Waals surface area contributed by atoms with E-state index in [-0.39, 0.29) is 29.0 Å². The van der Waals surface area contributed by atoms with Crippen LogP contribution in [0.4, 0.5) is 30.2 Å². The molecule has 2 heterocycles. The van der Waals surface area contributed by atoms with Gasteiger partial charge in [0.1, 0.15) is 18.1 Å². The first-order valence-corrected chi connectivity index (χ1v) is 14.5. The highest BCUT2D eigenvalue weighted by molar-refractivity contribution is 6.32. The number of amides is 1. The molecule has 234 valence electrons. The Bertz CT molecular complexity index is 1510. The molecule has 2 unspecified atom stereocenters. The normalized spacial score (nSPS) is 16.0. The molecule has 3 aromatic rings. The van der Waals surface area contributed by atoms with E-state index in [1.165, 1.54) is 0 Å². The largest absolute Gasteiger partial charge is 0.492 e. The van der Waals surface area contributed by atoms with Crippen molar-refractivity contribution in [3.63, 3.8) is 0 Å². The van der Waals surface area contributed by atoms with Crippen LogP contribution in [0.15, 0.2) is 48.7 Å². The molecule has 1 aliphatic rings. The maximum absolute atomic E-state index is 13.0. The summed E-state index contributed by atoms with van der Waals surface area (Å²) in [4.78, 5) is 18.7. The number of nitrogens with zero attached hydrogens (tertiary/aromatic N) is 3. The minimum Gasteiger partial charge on any atom is -0.492 e. The molecule has 4 rings (SSSR count). The number of alkyl halides is 3. The van der Waals surface area contributed by atoms with E-state index in [4.69, 9.17) is 21.1 Å². The zero-order valence-corrected chi connectivity index (χ0v) is 25.4. The van der Waals surface area contributed by atoms with E-state index >= 15 is 0 Å². The van der Waals surface area contributed by atoms with Gasteiger partial charge in [0, 0.05) is 42.2 Å². The lowest BCUT2D eigenvalue weighted by Gasteiger charge is -2.33. The topological polar surface area (TPSA) is 112 Å². The van der Waals surface area contributed by atoms with E-state index in [2.05, 4.69) is 27.0 Å². The number of hydrogen-bond donors (Lipinski definition) is 3. The fraction of sp³-hybridized carbons (Fsp3) is 0.387. The first-order valence-electron chi connectivity index (χ1n) is 14.1. The van der Waals surface area contributed by atoms with Crippen molar-refractivity contribution in [3.05, 3.63) is 70.5 Å². The van der Waals surface area contributed by atoms with Gasteiger partial charge in [0.05, 0.1) is 46.6 Å². The van der Waals surface area contributed by atoms with Gasteiger partial charge < -0.3 is 30.3 Å². The number of halogens is 4. The first kappa shape index (κ1) is 32.7. The van der Waals surface area contributed by atoms with Crippen LogP contribution in [0.3, 0.4) is 0 Å². The van der Waals surface area contributed by atoms with Crippen LogP contribution in [0.2, 0.25) is 5.02 Å². The summed E-state index contributed by atoms with van der Waals surface area (Å²) in [5.74, 6) is 0.180. The summed E-state index contributed by atoms with van der Waals surface area (Å²) in [5, 5.41) is 19.8. The van der Waals surface area contributed by atoms with Crippen molar-refractivity contribution in [2.75, 3.05) is 49.7 Å². The van der Waals surface area contributed by atoms with E-state index < -0.39 is 23.7 Å². The number of nitriles is 1. The summed E-state index contributed by atoms with van der Waals surface area (Å²) in [7, 11) is 3.90. The maximum atomic E-state index is 13.0. The molecule has 0 saturated carbocycles. The average Bonchev–Trinajstić information content (AvgIpc) is 2.97. The average molecular weight is 631 g/mol. The molecule has 1 aromatic heterocycles. The minimum atomic E-state index is -4.49. The van der Waals surface area contributed by atoms with Crippen molar-refractivity contribution in [2.45, 2.75) is 38.6 Å². The quantitative estimate of drug-likeness (QED) is 0.202. The van der Waals surface area contributed by atoms with Gasteiger partial charge in [-0.1, -0.05) is 11.6 Å². The van der Waals surface area contributed by atoms with Crippen molar-refractivity contribution in [1.29, 1.82) is 5.26 Å². The van der Waals surface area contributed by atoms with E-state index in [1.54, 1.807) is 18.2 Å². The highest BCUT2D eigenvalue weighted by Gasteiger charge is 2.32. The zero-order chi connectivity index (χ0) is 31.9. The fourth-order valence-corrected chi connectivity index (χ4v) is 5.01. The Labute approximate surface area is 259 Å². The van der Waals surface area contributed by atoms with Crippen LogP contribution in [-0.2, 0) is 17.6 Å². The van der Waals surface area contributed by atoms with Gasteiger partial charge in [0.25, 0.3) is 0 Å². The molecule has 13 heteroatoms. The summed E-state index contributed by atoms with van der Waals surface area (Å²) in [6, 6.07) is 12.3. The van der Waals surface area contributed by atoms with E-state index in [0.717, 1.165) is 36.1 Å². The van der Waals surface area contributed by atoms with Crippen LogP contribution in [0.25, 0.3) is 0 Å². The summed E-state index contributed by atoms with van der Waals surface area (Å²) in [5.41, 5.74) is 1.93. The number of carbonyl (C=O) groups excluding carboxylic acids is 1. The number of fused-ring (bicyclic) bond motifs is 1. The van der Waals surface area contributed by atoms with Crippen LogP contribution < -0.4 is 25.4 Å². The molecule has 0 fully saturated rings. The molecule has 1 amide bonds. The third-order valence-electron chi connectivity index (χ3n) is 6.92. The maximum Gasteiger partial charge on any atom is 0.416 e. The van der Waals surface area contributed by atoms with Crippen LogP contribution in [-0.4, -0.2) is 49.6 Å². The number of carbonyl (C=O) groups is 1. The lowest BCUT2D eigenvalue weighted by atomic mass is 9.88. The van der Waals surface area contributed by atoms with Crippen LogP contribution in [0.5, 0.6) is 11.5 Å². The lowest BCUT2D eigenvalue weighted by molar-refractivity contribution is -0.137. The van der Waals surface area contributed by atoms with Crippen LogP contribution >= 0.6 is 11.6 Å². The van der Waals surface area contributed by atoms with Crippen molar-refractivity contribution in [1.82, 2.24) is 9.88 Å². The molecule has 3 N–H and O–H groups in total. The second-order valence-corrected chi connectivity index (χ2v) is 10.9. The highest BCUT2D eigenvalue weighted by Crippen LogP contribution is 2.42. The van der Waals surface area contributed by atoms with Gasteiger partial charge in [-0.2, -0.15) is 18.4 Å². The minimum absolute atomic E-state index is 0.105. The summed E-state index contributed by atoms with van der Waals surface area (Å²) < 4.78 is 50.6. The van der Waals surface area contributed by atoms with Gasteiger partial charge in [-0.15, -0.1) is 0 Å². The summed E-state index contributed by atoms with van der Waals surface area (Å²) in [6.45, 7) is 3.22. The summed E-state index contributed by atoms with van der Waals surface area (Å²) >= 11 is 6.48. The van der Waals surface area contributed by atoms with Gasteiger partial charge in [-0.25, -0.2) is 0 Å². The van der Waals surface area contributed by atoms with Crippen molar-refractivity contribution in [3.8, 4) is 17.6 Å². The molecular weight excluding hydrogens is 597 g/mol. The molecule has 0 aliphatic carbocycles. The summed E-state index contributed by atoms with van der Waals surface area (Å²) in [6.07, 6.45) is -2.36. The van der Waals surface area contributed by atoms with Gasteiger partial charge in [-0.05, 0) is 70.4 Å². The molecule has 0 spiro atoms. The molecule has 0 radical (unpaired) electrons. The number of anilines is 3. The van der Waals surface area contributed by atoms with Gasteiger partial charge >= 0.3 is 6.18 Å². The molecule has 9 nitrogen and oxygen atoms in total. The zero-order valence-electron chi connectivity index (χ0n) is 24.6.